The minimum absolute atomic E-state index is 0.0798. The van der Waals surface area contributed by atoms with Crippen LogP contribution in [0.1, 0.15) is 30.6 Å². The van der Waals surface area contributed by atoms with Gasteiger partial charge in [-0.2, -0.15) is 0 Å². The molecule has 2 atom stereocenters. The molecular formula is C16H21ClN2O3. The number of likely N-dealkylation sites (tertiary alicyclic amines) is 1. The van der Waals surface area contributed by atoms with Crippen molar-refractivity contribution in [3.05, 3.63) is 28.8 Å². The number of rotatable bonds is 4. The second-order valence-corrected chi connectivity index (χ2v) is 6.47. The van der Waals surface area contributed by atoms with Crippen LogP contribution in [0, 0.1) is 11.8 Å². The van der Waals surface area contributed by atoms with Gasteiger partial charge in [-0.05, 0) is 36.5 Å². The summed E-state index contributed by atoms with van der Waals surface area (Å²) in [6.45, 7) is 5.66. The monoisotopic (exact) mass is 324 g/mol. The fourth-order valence-electron chi connectivity index (χ4n) is 2.92. The predicted molar refractivity (Wildman–Crippen MR) is 85.0 cm³/mol. The number of benzene rings is 1. The molecule has 1 aromatic carbocycles. The van der Waals surface area contributed by atoms with Crippen LogP contribution in [-0.2, 0) is 4.79 Å². The van der Waals surface area contributed by atoms with Crippen LogP contribution in [0.3, 0.4) is 0 Å². The van der Waals surface area contributed by atoms with Crippen LogP contribution < -0.4 is 10.5 Å². The van der Waals surface area contributed by atoms with Gasteiger partial charge < -0.3 is 15.4 Å². The van der Waals surface area contributed by atoms with Gasteiger partial charge in [0.1, 0.15) is 5.75 Å². The minimum Gasteiger partial charge on any atom is -0.483 e. The molecule has 0 radical (unpaired) electrons. The molecule has 1 aliphatic heterocycles. The Hall–Kier alpha value is -1.75. The smallest absolute Gasteiger partial charge is 0.260 e. The summed E-state index contributed by atoms with van der Waals surface area (Å²) in [6.07, 6.45) is 1.13. The molecule has 1 aliphatic rings. The maximum absolute atomic E-state index is 12.3. The highest BCUT2D eigenvalue weighted by Gasteiger charge is 2.25. The van der Waals surface area contributed by atoms with E-state index in [1.807, 2.05) is 4.90 Å². The molecule has 0 saturated carbocycles. The number of ether oxygens (including phenoxy) is 1. The number of halogens is 1. The van der Waals surface area contributed by atoms with E-state index >= 15 is 0 Å². The van der Waals surface area contributed by atoms with E-state index in [4.69, 9.17) is 22.1 Å². The van der Waals surface area contributed by atoms with Gasteiger partial charge in [-0.15, -0.1) is 0 Å². The lowest BCUT2D eigenvalue weighted by atomic mass is 9.92. The molecule has 1 saturated heterocycles. The number of nitrogens with two attached hydrogens (primary N) is 1. The topological polar surface area (TPSA) is 72.6 Å². The minimum atomic E-state index is -0.634. The van der Waals surface area contributed by atoms with Crippen molar-refractivity contribution < 1.29 is 14.3 Å². The summed E-state index contributed by atoms with van der Waals surface area (Å²) in [5.74, 6) is 0.547. The lowest BCUT2D eigenvalue weighted by molar-refractivity contribution is -0.136. The molecule has 6 heteroatoms. The Bertz CT molecular complexity index is 567. The van der Waals surface area contributed by atoms with Crippen molar-refractivity contribution >= 4 is 23.4 Å². The van der Waals surface area contributed by atoms with Crippen molar-refractivity contribution in [3.63, 3.8) is 0 Å². The van der Waals surface area contributed by atoms with E-state index in [2.05, 4.69) is 13.8 Å². The molecule has 0 spiro atoms. The van der Waals surface area contributed by atoms with Crippen LogP contribution in [-0.4, -0.2) is 36.4 Å². The van der Waals surface area contributed by atoms with Crippen molar-refractivity contribution in [3.8, 4) is 5.75 Å². The van der Waals surface area contributed by atoms with E-state index in [1.165, 1.54) is 6.07 Å². The van der Waals surface area contributed by atoms with Gasteiger partial charge in [0.25, 0.3) is 11.8 Å². The summed E-state index contributed by atoms with van der Waals surface area (Å²) in [7, 11) is 0. The van der Waals surface area contributed by atoms with E-state index < -0.39 is 5.91 Å². The van der Waals surface area contributed by atoms with E-state index in [9.17, 15) is 9.59 Å². The lowest BCUT2D eigenvalue weighted by Gasteiger charge is -2.34. The highest BCUT2D eigenvalue weighted by atomic mass is 35.5. The van der Waals surface area contributed by atoms with E-state index in [0.29, 0.717) is 16.9 Å². The zero-order valence-electron chi connectivity index (χ0n) is 12.8. The Morgan fingerprint density at radius 2 is 1.95 bits per heavy atom. The van der Waals surface area contributed by atoms with Gasteiger partial charge in [0, 0.05) is 18.1 Å². The number of hydrogen-bond acceptors (Lipinski definition) is 3. The quantitative estimate of drug-likeness (QED) is 0.923. The average molecular weight is 325 g/mol. The Morgan fingerprint density at radius 1 is 1.32 bits per heavy atom. The van der Waals surface area contributed by atoms with Crippen molar-refractivity contribution in [1.82, 2.24) is 4.90 Å². The molecule has 2 amide bonds. The fraction of sp³-hybridized carbons (Fsp3) is 0.500. The van der Waals surface area contributed by atoms with Crippen LogP contribution in [0.5, 0.6) is 5.75 Å². The summed E-state index contributed by atoms with van der Waals surface area (Å²) in [4.78, 5) is 25.5. The van der Waals surface area contributed by atoms with Crippen molar-refractivity contribution in [2.24, 2.45) is 17.6 Å². The highest BCUT2D eigenvalue weighted by Crippen LogP contribution is 2.24. The zero-order chi connectivity index (χ0) is 16.3. The molecule has 22 heavy (non-hydrogen) atoms. The van der Waals surface area contributed by atoms with Crippen molar-refractivity contribution in [2.45, 2.75) is 20.3 Å². The molecule has 0 aromatic heterocycles. The number of nitrogens with zero attached hydrogens (tertiary/aromatic N) is 1. The number of amides is 2. The molecule has 2 rings (SSSR count). The first kappa shape index (κ1) is 16.6. The summed E-state index contributed by atoms with van der Waals surface area (Å²) < 4.78 is 5.49. The van der Waals surface area contributed by atoms with Crippen LogP contribution in [0.2, 0.25) is 5.02 Å². The van der Waals surface area contributed by atoms with Crippen LogP contribution in [0.4, 0.5) is 0 Å². The largest absolute Gasteiger partial charge is 0.483 e. The van der Waals surface area contributed by atoms with Gasteiger partial charge in [-0.1, -0.05) is 25.4 Å². The van der Waals surface area contributed by atoms with Gasteiger partial charge in [-0.25, -0.2) is 0 Å². The number of primary amides is 1. The summed E-state index contributed by atoms with van der Waals surface area (Å²) in [5, 5.41) is 0.395. The first-order valence-electron chi connectivity index (χ1n) is 7.36. The van der Waals surface area contributed by atoms with E-state index in [1.54, 1.807) is 12.1 Å². The second kappa shape index (κ2) is 7.01. The number of piperidine rings is 1. The van der Waals surface area contributed by atoms with Gasteiger partial charge >= 0.3 is 0 Å². The van der Waals surface area contributed by atoms with E-state index in [0.717, 1.165) is 19.5 Å². The SMILES string of the molecule is C[C@@H]1C[C@H](C)CN(C(=O)COc2ccc(Cl)cc2C(N)=O)C1. The summed E-state index contributed by atoms with van der Waals surface area (Å²) >= 11 is 5.84. The summed E-state index contributed by atoms with van der Waals surface area (Å²) in [5.41, 5.74) is 5.48. The molecule has 120 valence electrons. The third-order valence-corrected chi connectivity index (χ3v) is 4.01. The number of carbonyl (C=O) groups is 2. The third kappa shape index (κ3) is 4.13. The first-order valence-corrected chi connectivity index (χ1v) is 7.74. The Kier molecular flexibility index (Phi) is 5.29. The standard InChI is InChI=1S/C16H21ClN2O3/c1-10-5-11(2)8-19(7-10)15(20)9-22-14-4-3-12(17)6-13(14)16(18)21/h3-4,6,10-11H,5,7-9H2,1-2H3,(H2,18,21)/t10-,11+. The predicted octanol–water partition coefficient (Wildman–Crippen LogP) is 2.32. The number of hydrogen-bond donors (Lipinski definition) is 1. The molecule has 5 nitrogen and oxygen atoms in total. The maximum atomic E-state index is 12.3. The third-order valence-electron chi connectivity index (χ3n) is 3.78. The molecule has 2 N–H and O–H groups in total. The fourth-order valence-corrected chi connectivity index (χ4v) is 3.09. The number of carbonyl (C=O) groups excluding carboxylic acids is 2. The van der Waals surface area contributed by atoms with Crippen LogP contribution in [0.25, 0.3) is 0 Å². The molecule has 1 heterocycles. The maximum Gasteiger partial charge on any atom is 0.260 e. The molecular weight excluding hydrogens is 304 g/mol. The van der Waals surface area contributed by atoms with Gasteiger partial charge in [-0.3, -0.25) is 9.59 Å². The Morgan fingerprint density at radius 3 is 2.55 bits per heavy atom. The summed E-state index contributed by atoms with van der Waals surface area (Å²) in [6, 6.07) is 4.59. The van der Waals surface area contributed by atoms with Gasteiger partial charge in [0.05, 0.1) is 5.56 Å². The van der Waals surface area contributed by atoms with Crippen molar-refractivity contribution in [2.75, 3.05) is 19.7 Å². The zero-order valence-corrected chi connectivity index (χ0v) is 13.6. The van der Waals surface area contributed by atoms with Gasteiger partial charge in [0.15, 0.2) is 6.61 Å². The Labute approximate surface area is 135 Å². The molecule has 1 fully saturated rings. The van der Waals surface area contributed by atoms with Gasteiger partial charge in [0.2, 0.25) is 0 Å². The highest BCUT2D eigenvalue weighted by molar-refractivity contribution is 6.31. The molecule has 0 bridgehead atoms. The lowest BCUT2D eigenvalue weighted by Crippen LogP contribution is -2.44. The normalized spacial score (nSPS) is 21.5. The average Bonchev–Trinajstić information content (AvgIpc) is 2.44. The molecule has 1 aromatic rings. The molecule has 0 aliphatic carbocycles. The van der Waals surface area contributed by atoms with Crippen LogP contribution >= 0.6 is 11.6 Å². The van der Waals surface area contributed by atoms with Crippen molar-refractivity contribution in [1.29, 1.82) is 0 Å². The second-order valence-electron chi connectivity index (χ2n) is 6.04. The molecule has 0 unspecified atom stereocenters. The van der Waals surface area contributed by atoms with Crippen LogP contribution in [0.15, 0.2) is 18.2 Å². The Balaban J connectivity index is 2.01. The van der Waals surface area contributed by atoms with E-state index in [-0.39, 0.29) is 23.8 Å². The first-order chi connectivity index (χ1) is 10.4.